The third kappa shape index (κ3) is 4.67. The fraction of sp³-hybridized carbons (Fsp3) is 0.238. The molecule has 0 aliphatic carbocycles. The number of para-hydroxylation sites is 1. The molecule has 0 radical (unpaired) electrons. The number of pyridine rings is 1. The maximum atomic E-state index is 5.70. The summed E-state index contributed by atoms with van der Waals surface area (Å²) in [6, 6.07) is 14.0. The van der Waals surface area contributed by atoms with Crippen LogP contribution in [0.3, 0.4) is 0 Å². The molecule has 2 N–H and O–H groups in total. The highest BCUT2D eigenvalue weighted by Crippen LogP contribution is 2.17. The molecule has 2 heterocycles. The van der Waals surface area contributed by atoms with Gasteiger partial charge in [0.15, 0.2) is 5.96 Å². The highest BCUT2D eigenvalue weighted by molar-refractivity contribution is 5.79. The highest BCUT2D eigenvalue weighted by Gasteiger charge is 2.06. The van der Waals surface area contributed by atoms with Crippen molar-refractivity contribution in [3.8, 4) is 5.75 Å². The molecule has 0 aliphatic heterocycles. The molecular weight excluding hydrogens is 338 g/mol. The van der Waals surface area contributed by atoms with Crippen molar-refractivity contribution in [2.24, 2.45) is 4.99 Å². The van der Waals surface area contributed by atoms with Crippen LogP contribution in [0.4, 0.5) is 0 Å². The van der Waals surface area contributed by atoms with Crippen LogP contribution in [0.2, 0.25) is 0 Å². The number of aryl methyl sites for hydroxylation is 1. The molecule has 6 nitrogen and oxygen atoms in total. The van der Waals surface area contributed by atoms with E-state index >= 15 is 0 Å². The number of aliphatic imine (C=N–C) groups is 1. The number of rotatable bonds is 7. The first-order valence-electron chi connectivity index (χ1n) is 8.91. The van der Waals surface area contributed by atoms with Gasteiger partial charge in [0.25, 0.3) is 0 Å². The Hall–Kier alpha value is -3.28. The molecule has 27 heavy (non-hydrogen) atoms. The summed E-state index contributed by atoms with van der Waals surface area (Å²) in [6.45, 7) is 7.44. The van der Waals surface area contributed by atoms with E-state index in [1.54, 1.807) is 13.1 Å². The number of guanidine groups is 1. The fourth-order valence-electron chi connectivity index (χ4n) is 2.80. The van der Waals surface area contributed by atoms with Crippen molar-refractivity contribution in [3.05, 3.63) is 78.3 Å². The van der Waals surface area contributed by atoms with Gasteiger partial charge in [-0.2, -0.15) is 0 Å². The minimum Gasteiger partial charge on any atom is -0.489 e. The van der Waals surface area contributed by atoms with E-state index in [1.165, 1.54) is 0 Å². The Labute approximate surface area is 159 Å². The normalized spacial score (nSPS) is 11.4. The Morgan fingerprint density at radius 3 is 2.78 bits per heavy atom. The van der Waals surface area contributed by atoms with Gasteiger partial charge in [-0.3, -0.25) is 4.99 Å². The average molecular weight is 363 g/mol. The number of benzene rings is 1. The lowest BCUT2D eigenvalue weighted by Gasteiger charge is -2.14. The number of nitrogens with one attached hydrogen (secondary N) is 2. The SMILES string of the molecule is C=CCOc1ccccc1CNC(=NC)NCc1cn2c(C)cccc2n1. The zero-order chi connectivity index (χ0) is 19.1. The molecule has 0 unspecified atom stereocenters. The van der Waals surface area contributed by atoms with Gasteiger partial charge in [-0.25, -0.2) is 4.98 Å². The molecule has 3 rings (SSSR count). The van der Waals surface area contributed by atoms with Gasteiger partial charge in [0, 0.05) is 31.0 Å². The number of imidazole rings is 1. The van der Waals surface area contributed by atoms with Crippen molar-refractivity contribution in [1.29, 1.82) is 0 Å². The fourth-order valence-corrected chi connectivity index (χ4v) is 2.80. The molecule has 0 spiro atoms. The van der Waals surface area contributed by atoms with E-state index in [1.807, 2.05) is 42.6 Å². The Morgan fingerprint density at radius 2 is 2.00 bits per heavy atom. The minimum absolute atomic E-state index is 0.483. The van der Waals surface area contributed by atoms with Crippen LogP contribution in [0.1, 0.15) is 17.0 Å². The van der Waals surface area contributed by atoms with E-state index in [0.717, 1.165) is 28.3 Å². The summed E-state index contributed by atoms with van der Waals surface area (Å²) in [4.78, 5) is 8.92. The minimum atomic E-state index is 0.483. The standard InChI is InChI=1S/C21H25N5O/c1-4-12-27-19-10-6-5-9-17(19)13-23-21(22-3)24-14-18-15-26-16(2)8-7-11-20(26)25-18/h4-11,15H,1,12-14H2,2-3H3,(H2,22,23,24). The maximum absolute atomic E-state index is 5.70. The van der Waals surface area contributed by atoms with Gasteiger partial charge in [0.05, 0.1) is 12.2 Å². The number of fused-ring (bicyclic) bond motifs is 1. The molecular formula is C21H25N5O. The van der Waals surface area contributed by atoms with E-state index in [4.69, 9.17) is 4.74 Å². The van der Waals surface area contributed by atoms with E-state index in [9.17, 15) is 0 Å². The van der Waals surface area contributed by atoms with Crippen molar-refractivity contribution >= 4 is 11.6 Å². The van der Waals surface area contributed by atoms with Crippen molar-refractivity contribution in [3.63, 3.8) is 0 Å². The first-order valence-corrected chi connectivity index (χ1v) is 8.91. The van der Waals surface area contributed by atoms with Crippen LogP contribution in [0.25, 0.3) is 5.65 Å². The summed E-state index contributed by atoms with van der Waals surface area (Å²) in [6.07, 6.45) is 3.78. The smallest absolute Gasteiger partial charge is 0.191 e. The molecule has 0 saturated carbocycles. The molecule has 3 aromatic rings. The number of hydrogen-bond acceptors (Lipinski definition) is 3. The lowest BCUT2D eigenvalue weighted by Crippen LogP contribution is -2.36. The average Bonchev–Trinajstić information content (AvgIpc) is 3.12. The van der Waals surface area contributed by atoms with Gasteiger partial charge in [-0.15, -0.1) is 0 Å². The summed E-state index contributed by atoms with van der Waals surface area (Å²) >= 11 is 0. The first-order chi connectivity index (χ1) is 13.2. The van der Waals surface area contributed by atoms with Crippen molar-refractivity contribution < 1.29 is 4.74 Å². The zero-order valence-corrected chi connectivity index (χ0v) is 15.8. The van der Waals surface area contributed by atoms with E-state index < -0.39 is 0 Å². The van der Waals surface area contributed by atoms with Gasteiger partial charge in [-0.05, 0) is 25.1 Å². The van der Waals surface area contributed by atoms with Crippen LogP contribution in [-0.2, 0) is 13.1 Å². The molecule has 2 aromatic heterocycles. The van der Waals surface area contributed by atoms with Gasteiger partial charge < -0.3 is 19.8 Å². The second-order valence-electron chi connectivity index (χ2n) is 6.11. The Balaban J connectivity index is 1.60. The third-order valence-corrected chi connectivity index (χ3v) is 4.18. The largest absolute Gasteiger partial charge is 0.489 e. The Kier molecular flexibility index (Phi) is 6.10. The Morgan fingerprint density at radius 1 is 1.19 bits per heavy atom. The second kappa shape index (κ2) is 8.89. The van der Waals surface area contributed by atoms with E-state index in [-0.39, 0.29) is 0 Å². The van der Waals surface area contributed by atoms with Crippen LogP contribution in [0.15, 0.2) is 66.3 Å². The van der Waals surface area contributed by atoms with E-state index in [2.05, 4.69) is 44.6 Å². The zero-order valence-electron chi connectivity index (χ0n) is 15.8. The van der Waals surface area contributed by atoms with Crippen LogP contribution < -0.4 is 15.4 Å². The predicted molar refractivity (Wildman–Crippen MR) is 109 cm³/mol. The Bertz CT molecular complexity index is 945. The quantitative estimate of drug-likeness (QED) is 0.385. The van der Waals surface area contributed by atoms with Crippen LogP contribution in [0, 0.1) is 6.92 Å². The lowest BCUT2D eigenvalue weighted by atomic mass is 10.2. The van der Waals surface area contributed by atoms with Gasteiger partial charge in [-0.1, -0.05) is 36.9 Å². The van der Waals surface area contributed by atoms with Crippen LogP contribution >= 0.6 is 0 Å². The lowest BCUT2D eigenvalue weighted by molar-refractivity contribution is 0.358. The van der Waals surface area contributed by atoms with E-state index in [0.29, 0.717) is 25.7 Å². The van der Waals surface area contributed by atoms with Crippen LogP contribution in [-0.4, -0.2) is 29.0 Å². The summed E-state index contributed by atoms with van der Waals surface area (Å²) in [5, 5.41) is 6.62. The first kappa shape index (κ1) is 18.5. The number of ether oxygens (including phenoxy) is 1. The topological polar surface area (TPSA) is 63.0 Å². The molecule has 0 saturated heterocycles. The summed E-state index contributed by atoms with van der Waals surface area (Å²) < 4.78 is 7.78. The van der Waals surface area contributed by atoms with Gasteiger partial charge >= 0.3 is 0 Å². The molecule has 0 bridgehead atoms. The van der Waals surface area contributed by atoms with Crippen LogP contribution in [0.5, 0.6) is 5.75 Å². The molecule has 1 aromatic carbocycles. The molecule has 6 heteroatoms. The molecule has 0 atom stereocenters. The van der Waals surface area contributed by atoms with Crippen molar-refractivity contribution in [2.75, 3.05) is 13.7 Å². The predicted octanol–water partition coefficient (Wildman–Crippen LogP) is 3.07. The van der Waals surface area contributed by atoms with Crippen molar-refractivity contribution in [2.45, 2.75) is 20.0 Å². The van der Waals surface area contributed by atoms with Gasteiger partial charge in [0.2, 0.25) is 0 Å². The second-order valence-corrected chi connectivity index (χ2v) is 6.11. The summed E-state index contributed by atoms with van der Waals surface area (Å²) in [5.41, 5.74) is 4.13. The van der Waals surface area contributed by atoms with Crippen molar-refractivity contribution in [1.82, 2.24) is 20.0 Å². The molecule has 0 fully saturated rings. The summed E-state index contributed by atoms with van der Waals surface area (Å²) in [5.74, 6) is 1.55. The van der Waals surface area contributed by atoms with Gasteiger partial charge in [0.1, 0.15) is 18.0 Å². The molecule has 140 valence electrons. The highest BCUT2D eigenvalue weighted by atomic mass is 16.5. The number of hydrogen-bond donors (Lipinski definition) is 2. The molecule has 0 amide bonds. The number of nitrogens with zero attached hydrogens (tertiary/aromatic N) is 3. The molecule has 0 aliphatic rings. The number of aromatic nitrogens is 2. The summed E-state index contributed by atoms with van der Waals surface area (Å²) in [7, 11) is 1.75. The maximum Gasteiger partial charge on any atom is 0.191 e. The monoisotopic (exact) mass is 363 g/mol. The third-order valence-electron chi connectivity index (χ3n) is 4.18.